The van der Waals surface area contributed by atoms with E-state index in [-0.39, 0.29) is 21.7 Å². The first-order valence-electron chi connectivity index (χ1n) is 15.7. The van der Waals surface area contributed by atoms with Crippen LogP contribution in [-0.4, -0.2) is 14.8 Å². The van der Waals surface area contributed by atoms with E-state index in [9.17, 15) is 0 Å². The van der Waals surface area contributed by atoms with Crippen LogP contribution in [-0.2, 0) is 32.5 Å². The lowest BCUT2D eigenvalue weighted by atomic mass is 9.75. The fourth-order valence-corrected chi connectivity index (χ4v) is 73.4. The summed E-state index contributed by atoms with van der Waals surface area (Å²) < 4.78 is 0. The first-order chi connectivity index (χ1) is 17.7. The maximum absolute atomic E-state index is 2.68. The highest BCUT2D eigenvalue weighted by Gasteiger charge is 2.69. The largest absolute Gasteiger partial charge is 0.128 e. The molecule has 4 heteroatoms. The van der Waals surface area contributed by atoms with Crippen LogP contribution < -0.4 is 10.4 Å². The second-order valence-corrected chi connectivity index (χ2v) is 44.1. The molecule has 2 spiro atoms. The van der Waals surface area contributed by atoms with Crippen LogP contribution in [0, 0.1) is 0 Å². The van der Waals surface area contributed by atoms with Crippen LogP contribution >= 0.6 is 15.4 Å². The molecular weight excluding hydrogens is 551 g/mol. The molecule has 3 aliphatic rings. The van der Waals surface area contributed by atoms with Crippen molar-refractivity contribution in [3.05, 3.63) is 57.6 Å². The van der Waals surface area contributed by atoms with Gasteiger partial charge < -0.3 is 0 Å². The van der Waals surface area contributed by atoms with Crippen LogP contribution in [0.5, 0.6) is 0 Å². The number of benzene rings is 2. The maximum Gasteiger partial charge on any atom is 0.128 e. The summed E-state index contributed by atoms with van der Waals surface area (Å²) in [7, 11) is -0.622. The monoisotopic (exact) mass is 608 g/mol. The lowest BCUT2D eigenvalue weighted by Crippen LogP contribution is -2.61. The van der Waals surface area contributed by atoms with Gasteiger partial charge in [0, 0.05) is 0 Å². The predicted octanol–water partition coefficient (Wildman–Crippen LogP) is 9.83. The summed E-state index contributed by atoms with van der Waals surface area (Å²) in [6.07, 6.45) is 0. The van der Waals surface area contributed by atoms with Crippen LogP contribution in [0.4, 0.5) is 0 Å². The standard InChI is InChI=1S/C36H58P2Si2/c1-31(2,3)23-17-25(33(7,8)9)29-27(19-23)35(13,14)21-39(29)37-40(38-39)22-36(15,16)28-20-24(32(4,5)6)18-26(30(28)40)34(10,11)12/h17-20,37-38H,21-22H2,1-16H3. The van der Waals surface area contributed by atoms with Gasteiger partial charge in [-0.2, -0.15) is 0 Å². The molecule has 0 unspecified atom stereocenters. The van der Waals surface area contributed by atoms with Crippen molar-refractivity contribution in [2.24, 2.45) is 0 Å². The Hall–Kier alpha value is -0.266. The van der Waals surface area contributed by atoms with Gasteiger partial charge in [0.15, 0.2) is 0 Å². The number of hydrogen-bond acceptors (Lipinski definition) is 0. The molecule has 0 atom stereocenters. The van der Waals surface area contributed by atoms with Crippen LogP contribution in [0.3, 0.4) is 0 Å². The van der Waals surface area contributed by atoms with E-state index in [2.05, 4.69) is 135 Å². The van der Waals surface area contributed by atoms with Crippen molar-refractivity contribution in [1.29, 1.82) is 0 Å². The summed E-state index contributed by atoms with van der Waals surface area (Å²) >= 11 is 0. The molecule has 2 aromatic carbocycles. The average molecular weight is 609 g/mol. The first kappa shape index (κ1) is 31.2. The van der Waals surface area contributed by atoms with E-state index in [1.165, 1.54) is 27.4 Å². The fourth-order valence-electron chi connectivity index (χ4n) is 8.17. The van der Waals surface area contributed by atoms with E-state index in [1.54, 1.807) is 33.4 Å². The van der Waals surface area contributed by atoms with E-state index >= 15 is 0 Å². The molecule has 5 rings (SSSR count). The van der Waals surface area contributed by atoms with Crippen molar-refractivity contribution < 1.29 is 0 Å². The first-order valence-corrected chi connectivity index (χ1v) is 26.1. The average Bonchev–Trinajstić information content (AvgIpc) is 3.09. The normalized spacial score (nSPS) is 28.4. The SMILES string of the molecule is CC(C)(C)c1cc(C(C)(C)C)c2c(c1)C(C)(C)C[Si]21P[Si]2(CC(C)(C)c3cc(C(C)(C)C)cc(C(C)(C)C)c32)P1. The minimum absolute atomic E-state index is 0.184. The van der Waals surface area contributed by atoms with Crippen molar-refractivity contribution in [1.82, 2.24) is 0 Å². The summed E-state index contributed by atoms with van der Waals surface area (Å²) in [4.78, 5) is 0. The molecule has 0 aliphatic carbocycles. The second kappa shape index (κ2) is 8.67. The number of fused-ring (bicyclic) bond motifs is 4. The molecule has 0 saturated carbocycles. The third kappa shape index (κ3) is 4.73. The molecule has 220 valence electrons. The van der Waals surface area contributed by atoms with E-state index in [1.807, 2.05) is 10.4 Å². The zero-order chi connectivity index (χ0) is 30.3. The van der Waals surface area contributed by atoms with E-state index in [4.69, 9.17) is 0 Å². The number of rotatable bonds is 0. The third-order valence-electron chi connectivity index (χ3n) is 10.2. The zero-order valence-electron chi connectivity index (χ0n) is 28.7. The molecule has 1 saturated heterocycles. The number of hydrogen-bond donors (Lipinski definition) is 0. The van der Waals surface area contributed by atoms with Gasteiger partial charge in [0.2, 0.25) is 0 Å². The van der Waals surface area contributed by atoms with Gasteiger partial charge in [-0.05, 0) is 88.3 Å². The smallest absolute Gasteiger partial charge is 0.126 e. The van der Waals surface area contributed by atoms with Gasteiger partial charge in [-0.25, -0.2) is 0 Å². The molecule has 0 radical (unpaired) electrons. The van der Waals surface area contributed by atoms with Gasteiger partial charge in [0.25, 0.3) is 0 Å². The van der Waals surface area contributed by atoms with E-state index < -0.39 is 14.8 Å². The summed E-state index contributed by atoms with van der Waals surface area (Å²) in [5.74, 6) is 0. The van der Waals surface area contributed by atoms with Gasteiger partial charge in [0.1, 0.15) is 14.8 Å². The van der Waals surface area contributed by atoms with Crippen LogP contribution in [0.15, 0.2) is 24.3 Å². The molecule has 2 aromatic rings. The topological polar surface area (TPSA) is 0 Å². The van der Waals surface area contributed by atoms with Crippen molar-refractivity contribution in [3.8, 4) is 0 Å². The van der Waals surface area contributed by atoms with Crippen LogP contribution in [0.2, 0.25) is 12.1 Å². The molecule has 0 bridgehead atoms. The Bertz CT molecular complexity index is 1270. The molecule has 3 heterocycles. The molecule has 1 fully saturated rings. The van der Waals surface area contributed by atoms with Gasteiger partial charge in [0.05, 0.1) is 0 Å². The van der Waals surface area contributed by atoms with Crippen molar-refractivity contribution >= 4 is 40.5 Å². The highest BCUT2D eigenvalue weighted by Crippen LogP contribution is 2.76. The Morgan fingerprint density at radius 1 is 0.500 bits per heavy atom. The molecule has 0 amide bonds. The Kier molecular flexibility index (Phi) is 6.76. The quantitative estimate of drug-likeness (QED) is 0.206. The lowest BCUT2D eigenvalue weighted by molar-refractivity contribution is 0.558. The minimum atomic E-state index is -1.56. The highest BCUT2D eigenvalue weighted by molar-refractivity contribution is 8.58. The molecule has 0 aromatic heterocycles. The Morgan fingerprint density at radius 2 is 0.800 bits per heavy atom. The predicted molar refractivity (Wildman–Crippen MR) is 191 cm³/mol. The molecule has 0 N–H and O–H groups in total. The van der Waals surface area contributed by atoms with Crippen LogP contribution in [0.25, 0.3) is 0 Å². The molecule has 0 nitrogen and oxygen atoms in total. The van der Waals surface area contributed by atoms with Crippen molar-refractivity contribution in [2.75, 3.05) is 0 Å². The fraction of sp³-hybridized carbons (Fsp3) is 0.667. The zero-order valence-corrected chi connectivity index (χ0v) is 32.7. The molecule has 40 heavy (non-hydrogen) atoms. The molecule has 3 aliphatic heterocycles. The highest BCUT2D eigenvalue weighted by atomic mass is 32.0. The summed E-state index contributed by atoms with van der Waals surface area (Å²) in [6, 6.07) is 13.7. The van der Waals surface area contributed by atoms with Crippen LogP contribution in [0.1, 0.15) is 144 Å². The van der Waals surface area contributed by atoms with E-state index in [0.29, 0.717) is 10.8 Å². The van der Waals surface area contributed by atoms with Crippen molar-refractivity contribution in [3.63, 3.8) is 0 Å². The lowest BCUT2D eigenvalue weighted by Gasteiger charge is -2.54. The summed E-state index contributed by atoms with van der Waals surface area (Å²) in [5.41, 5.74) is 11.4. The third-order valence-corrected chi connectivity index (χ3v) is 56.6. The van der Waals surface area contributed by atoms with Crippen molar-refractivity contribution in [2.45, 2.75) is 155 Å². The van der Waals surface area contributed by atoms with Gasteiger partial charge in [-0.1, -0.05) is 135 Å². The summed E-state index contributed by atoms with van der Waals surface area (Å²) in [5, 5.41) is 3.87. The maximum atomic E-state index is 2.68. The molecular formula is C36H58P2Si2. The van der Waals surface area contributed by atoms with Gasteiger partial charge in [-0.15, -0.1) is 15.4 Å². The van der Waals surface area contributed by atoms with Gasteiger partial charge >= 0.3 is 0 Å². The Morgan fingerprint density at radius 3 is 1.05 bits per heavy atom. The summed E-state index contributed by atoms with van der Waals surface area (Å²) in [6.45, 7) is 39.7. The Balaban J connectivity index is 1.73. The minimum Gasteiger partial charge on any atom is -0.126 e. The van der Waals surface area contributed by atoms with E-state index in [0.717, 1.165) is 0 Å². The second-order valence-electron chi connectivity index (χ2n) is 19.1. The van der Waals surface area contributed by atoms with Gasteiger partial charge in [-0.3, -0.25) is 0 Å². The Labute approximate surface area is 252 Å².